The molecule has 0 radical (unpaired) electrons. The number of hydrogen-bond donors (Lipinski definition) is 1. The van der Waals surface area contributed by atoms with Gasteiger partial charge in [0.05, 0.1) is 0 Å². The van der Waals surface area contributed by atoms with Gasteiger partial charge in [0.2, 0.25) is 0 Å². The molecule has 16 heavy (non-hydrogen) atoms. The average molecular weight is 218 g/mol. The van der Waals surface area contributed by atoms with Crippen LogP contribution in [0.5, 0.6) is 0 Å². The molecule has 0 aliphatic carbocycles. The third-order valence-corrected chi connectivity index (χ3v) is 2.39. The Morgan fingerprint density at radius 1 is 1.31 bits per heavy atom. The summed E-state index contributed by atoms with van der Waals surface area (Å²) in [5.74, 6) is -1.42. The largest absolute Gasteiger partial charge is 0.481 e. The second-order valence-corrected chi connectivity index (χ2v) is 3.50. The highest BCUT2D eigenvalue weighted by Crippen LogP contribution is 2.22. The van der Waals surface area contributed by atoms with Crippen LogP contribution in [0.15, 0.2) is 43.0 Å². The van der Waals surface area contributed by atoms with Gasteiger partial charge in [-0.1, -0.05) is 36.9 Å². The van der Waals surface area contributed by atoms with Gasteiger partial charge < -0.3 is 5.11 Å². The minimum atomic E-state index is -0.891. The minimum Gasteiger partial charge on any atom is -0.481 e. The number of carbonyl (C=O) groups is 2. The quantitative estimate of drug-likeness (QED) is 0.746. The Balaban J connectivity index is 2.83. The van der Waals surface area contributed by atoms with Gasteiger partial charge in [0.15, 0.2) is 5.78 Å². The summed E-state index contributed by atoms with van der Waals surface area (Å²) in [5.41, 5.74) is 0.841. The van der Waals surface area contributed by atoms with Crippen molar-refractivity contribution in [1.29, 1.82) is 0 Å². The van der Waals surface area contributed by atoms with Crippen molar-refractivity contribution in [2.24, 2.45) is 0 Å². The lowest BCUT2D eigenvalue weighted by atomic mass is 9.90. The first-order chi connectivity index (χ1) is 7.65. The summed E-state index contributed by atoms with van der Waals surface area (Å²) in [6.45, 7) is 3.44. The predicted octanol–water partition coefficient (Wildman–Crippen LogP) is 2.39. The molecule has 1 rings (SSSR count). The van der Waals surface area contributed by atoms with Crippen molar-refractivity contribution in [2.45, 2.75) is 18.8 Å². The summed E-state index contributed by atoms with van der Waals surface area (Å²) in [5, 5.41) is 8.63. The fourth-order valence-corrected chi connectivity index (χ4v) is 1.57. The zero-order chi connectivity index (χ0) is 12.0. The van der Waals surface area contributed by atoms with Crippen LogP contribution in [0.2, 0.25) is 0 Å². The minimum absolute atomic E-state index is 0.0147. The van der Waals surface area contributed by atoms with Crippen molar-refractivity contribution >= 4 is 11.8 Å². The number of aliphatic carboxylic acids is 1. The topological polar surface area (TPSA) is 54.4 Å². The predicted molar refractivity (Wildman–Crippen MR) is 61.3 cm³/mol. The van der Waals surface area contributed by atoms with E-state index in [9.17, 15) is 9.59 Å². The Hall–Kier alpha value is -1.90. The Morgan fingerprint density at radius 2 is 1.94 bits per heavy atom. The van der Waals surface area contributed by atoms with E-state index in [0.717, 1.165) is 5.56 Å². The number of benzene rings is 1. The smallest absolute Gasteiger partial charge is 0.303 e. The van der Waals surface area contributed by atoms with E-state index in [-0.39, 0.29) is 12.2 Å². The molecule has 1 unspecified atom stereocenters. The van der Waals surface area contributed by atoms with Crippen LogP contribution in [0, 0.1) is 0 Å². The van der Waals surface area contributed by atoms with Crippen molar-refractivity contribution in [3.63, 3.8) is 0 Å². The number of ketones is 1. The Morgan fingerprint density at radius 3 is 2.44 bits per heavy atom. The maximum atomic E-state index is 11.6. The highest BCUT2D eigenvalue weighted by Gasteiger charge is 2.18. The van der Waals surface area contributed by atoms with Crippen LogP contribution in [0.4, 0.5) is 0 Å². The van der Waals surface area contributed by atoms with Crippen LogP contribution in [-0.2, 0) is 9.59 Å². The molecule has 0 aromatic heterocycles. The SMILES string of the molecule is C=CC(=O)C(CCC(=O)O)c1ccccc1. The number of hydrogen-bond acceptors (Lipinski definition) is 2. The molecule has 0 aliphatic heterocycles. The average Bonchev–Trinajstić information content (AvgIpc) is 2.30. The molecule has 0 fully saturated rings. The van der Waals surface area contributed by atoms with Gasteiger partial charge in [-0.2, -0.15) is 0 Å². The fraction of sp³-hybridized carbons (Fsp3) is 0.231. The molecule has 1 N–H and O–H groups in total. The molecule has 84 valence electrons. The summed E-state index contributed by atoms with van der Waals surface area (Å²) in [6, 6.07) is 9.18. The van der Waals surface area contributed by atoms with Crippen molar-refractivity contribution in [1.82, 2.24) is 0 Å². The molecule has 1 aromatic carbocycles. The van der Waals surface area contributed by atoms with Crippen LogP contribution in [0.3, 0.4) is 0 Å². The van der Waals surface area contributed by atoms with E-state index in [1.165, 1.54) is 6.08 Å². The van der Waals surface area contributed by atoms with E-state index < -0.39 is 11.9 Å². The zero-order valence-corrected chi connectivity index (χ0v) is 8.93. The van der Waals surface area contributed by atoms with E-state index in [1.807, 2.05) is 30.3 Å². The summed E-state index contributed by atoms with van der Waals surface area (Å²) < 4.78 is 0. The fourth-order valence-electron chi connectivity index (χ4n) is 1.57. The molecular formula is C13H14O3. The van der Waals surface area contributed by atoms with Crippen LogP contribution in [0.25, 0.3) is 0 Å². The lowest BCUT2D eigenvalue weighted by Crippen LogP contribution is -2.11. The van der Waals surface area contributed by atoms with Gasteiger partial charge in [-0.25, -0.2) is 0 Å². The van der Waals surface area contributed by atoms with Crippen LogP contribution < -0.4 is 0 Å². The third-order valence-electron chi connectivity index (χ3n) is 2.39. The van der Waals surface area contributed by atoms with E-state index >= 15 is 0 Å². The van der Waals surface area contributed by atoms with Crippen LogP contribution in [-0.4, -0.2) is 16.9 Å². The molecular weight excluding hydrogens is 204 g/mol. The molecule has 0 saturated carbocycles. The molecule has 0 bridgehead atoms. The van der Waals surface area contributed by atoms with Gasteiger partial charge >= 0.3 is 5.97 Å². The normalized spacial score (nSPS) is 11.8. The molecule has 1 aromatic rings. The van der Waals surface area contributed by atoms with Gasteiger partial charge in [0.1, 0.15) is 0 Å². The lowest BCUT2D eigenvalue weighted by molar-refractivity contribution is -0.137. The maximum absolute atomic E-state index is 11.6. The van der Waals surface area contributed by atoms with E-state index in [1.54, 1.807) is 0 Å². The molecule has 0 aliphatic rings. The van der Waals surface area contributed by atoms with E-state index in [4.69, 9.17) is 5.11 Å². The van der Waals surface area contributed by atoms with Crippen molar-refractivity contribution < 1.29 is 14.7 Å². The zero-order valence-electron chi connectivity index (χ0n) is 8.93. The molecule has 3 heteroatoms. The molecule has 0 saturated heterocycles. The summed E-state index contributed by atoms with van der Waals surface area (Å²) in [6.07, 6.45) is 1.54. The molecule has 0 amide bonds. The second-order valence-electron chi connectivity index (χ2n) is 3.50. The maximum Gasteiger partial charge on any atom is 0.303 e. The Labute approximate surface area is 94.4 Å². The highest BCUT2D eigenvalue weighted by molar-refractivity contribution is 5.95. The number of carboxylic acid groups (broad SMARTS) is 1. The lowest BCUT2D eigenvalue weighted by Gasteiger charge is -2.12. The number of carboxylic acids is 1. The molecule has 0 spiro atoms. The van der Waals surface area contributed by atoms with Crippen molar-refractivity contribution in [3.8, 4) is 0 Å². The molecule has 0 heterocycles. The summed E-state index contributed by atoms with van der Waals surface area (Å²) in [7, 11) is 0. The first-order valence-corrected chi connectivity index (χ1v) is 5.08. The molecule has 1 atom stereocenters. The Bertz CT molecular complexity index is 381. The summed E-state index contributed by atoms with van der Waals surface area (Å²) in [4.78, 5) is 22.1. The Kier molecular flexibility index (Phi) is 4.45. The van der Waals surface area contributed by atoms with E-state index in [0.29, 0.717) is 6.42 Å². The van der Waals surface area contributed by atoms with Gasteiger partial charge in [0, 0.05) is 12.3 Å². The van der Waals surface area contributed by atoms with Crippen LogP contribution >= 0.6 is 0 Å². The standard InChI is InChI=1S/C13H14O3/c1-2-12(14)11(8-9-13(15)16)10-6-4-3-5-7-10/h2-7,11H,1,8-9H2,(H,15,16). The van der Waals surface area contributed by atoms with Crippen molar-refractivity contribution in [2.75, 3.05) is 0 Å². The third kappa shape index (κ3) is 3.35. The van der Waals surface area contributed by atoms with Gasteiger partial charge in [-0.3, -0.25) is 9.59 Å². The van der Waals surface area contributed by atoms with Crippen molar-refractivity contribution in [3.05, 3.63) is 48.6 Å². The number of carbonyl (C=O) groups excluding carboxylic acids is 1. The second kappa shape index (κ2) is 5.85. The van der Waals surface area contributed by atoms with Gasteiger partial charge in [-0.05, 0) is 18.1 Å². The van der Waals surface area contributed by atoms with Gasteiger partial charge in [0.25, 0.3) is 0 Å². The molecule has 3 nitrogen and oxygen atoms in total. The van der Waals surface area contributed by atoms with Gasteiger partial charge in [-0.15, -0.1) is 0 Å². The first kappa shape index (κ1) is 12.2. The highest BCUT2D eigenvalue weighted by atomic mass is 16.4. The summed E-state index contributed by atoms with van der Waals surface area (Å²) >= 11 is 0. The van der Waals surface area contributed by atoms with Crippen LogP contribution in [0.1, 0.15) is 24.3 Å². The monoisotopic (exact) mass is 218 g/mol. The number of allylic oxidation sites excluding steroid dienone is 1. The first-order valence-electron chi connectivity index (χ1n) is 5.08. The number of rotatable bonds is 6. The van der Waals surface area contributed by atoms with E-state index in [2.05, 4.69) is 6.58 Å².